The highest BCUT2D eigenvalue weighted by Crippen LogP contribution is 2.29. The lowest BCUT2D eigenvalue weighted by Crippen LogP contribution is -2.45. The Labute approximate surface area is 216 Å². The van der Waals surface area contributed by atoms with E-state index in [2.05, 4.69) is 0 Å². The van der Waals surface area contributed by atoms with Crippen LogP contribution in [-0.2, 0) is 13.1 Å². The Morgan fingerprint density at radius 2 is 1.58 bits per heavy atom. The van der Waals surface area contributed by atoms with Crippen LogP contribution in [0.4, 0.5) is 13.2 Å². The topological polar surface area (TPSA) is 106 Å². The van der Waals surface area contributed by atoms with E-state index in [4.69, 9.17) is 16.4 Å². The number of methoxy groups -OCH3 is 1. The van der Waals surface area contributed by atoms with Gasteiger partial charge in [0.1, 0.15) is 11.6 Å². The molecule has 38 heavy (non-hydrogen) atoms. The van der Waals surface area contributed by atoms with Crippen LogP contribution in [0.25, 0.3) is 17.0 Å². The van der Waals surface area contributed by atoms with E-state index in [1.165, 1.54) is 38.3 Å². The zero-order chi connectivity index (χ0) is 27.6. The minimum atomic E-state index is -0.953. The molecule has 0 radical (unpaired) electrons. The monoisotopic (exact) mass is 524 g/mol. The number of hydrogen-bond donors (Lipinski definition) is 1. The van der Waals surface area contributed by atoms with E-state index in [0.29, 0.717) is 10.7 Å². The maximum Gasteiger partial charge on any atom is 0.331 e. The van der Waals surface area contributed by atoms with Crippen molar-refractivity contribution < 1.29 is 17.9 Å². The van der Waals surface area contributed by atoms with Crippen LogP contribution >= 0.6 is 0 Å². The molecule has 198 valence electrons. The summed E-state index contributed by atoms with van der Waals surface area (Å²) in [6, 6.07) is 15.1. The van der Waals surface area contributed by atoms with Gasteiger partial charge in [-0.2, -0.15) is 0 Å². The van der Waals surface area contributed by atoms with Crippen molar-refractivity contribution in [3.05, 3.63) is 128 Å². The number of nitrogens with one attached hydrogen (secondary N) is 1. The van der Waals surface area contributed by atoms with Crippen molar-refractivity contribution in [2.75, 3.05) is 7.11 Å². The molecule has 0 saturated carbocycles. The Kier molecular flexibility index (Phi) is 7.81. The lowest BCUT2D eigenvalue weighted by atomic mass is 10.0. The second-order valence-electron chi connectivity index (χ2n) is 8.60. The molecular formula is C27H25F3N5O3-. The van der Waals surface area contributed by atoms with E-state index >= 15 is 4.39 Å². The Bertz CT molecular complexity index is 1570. The molecule has 1 aromatic heterocycles. The molecule has 0 spiro atoms. The summed E-state index contributed by atoms with van der Waals surface area (Å²) in [5.74, 6) is 11.0. The third kappa shape index (κ3) is 4.99. The highest BCUT2D eigenvalue weighted by Gasteiger charge is 2.25. The van der Waals surface area contributed by atoms with Gasteiger partial charge in [-0.15, -0.1) is 0 Å². The van der Waals surface area contributed by atoms with Gasteiger partial charge >= 0.3 is 5.69 Å². The van der Waals surface area contributed by atoms with E-state index in [9.17, 15) is 18.4 Å². The summed E-state index contributed by atoms with van der Waals surface area (Å²) >= 11 is 0. The van der Waals surface area contributed by atoms with Crippen molar-refractivity contribution in [1.29, 1.82) is 0 Å². The van der Waals surface area contributed by atoms with Crippen molar-refractivity contribution in [1.82, 2.24) is 14.3 Å². The van der Waals surface area contributed by atoms with E-state index < -0.39 is 46.9 Å². The molecule has 1 atom stereocenters. The molecule has 4 aromatic rings. The van der Waals surface area contributed by atoms with Gasteiger partial charge in [0, 0.05) is 22.9 Å². The van der Waals surface area contributed by atoms with Gasteiger partial charge in [0.25, 0.3) is 5.56 Å². The van der Waals surface area contributed by atoms with Crippen molar-refractivity contribution in [2.45, 2.75) is 26.1 Å². The maximum absolute atomic E-state index is 15.4. The normalized spacial score (nSPS) is 12.1. The minimum Gasteiger partial charge on any atom is -0.594 e. The van der Waals surface area contributed by atoms with Crippen LogP contribution in [0.2, 0.25) is 0 Å². The highest BCUT2D eigenvalue weighted by atomic mass is 19.1. The second-order valence-corrected chi connectivity index (χ2v) is 8.60. The molecule has 3 aromatic carbocycles. The summed E-state index contributed by atoms with van der Waals surface area (Å²) in [6.45, 7) is 0.445. The molecule has 0 aliphatic rings. The number of hydrogen-bond acceptors (Lipinski definition) is 5. The van der Waals surface area contributed by atoms with Crippen LogP contribution in [0.3, 0.4) is 0 Å². The summed E-state index contributed by atoms with van der Waals surface area (Å²) in [4.78, 5) is 27.4. The minimum absolute atomic E-state index is 0.00204. The van der Waals surface area contributed by atoms with Gasteiger partial charge in [-0.1, -0.05) is 48.5 Å². The molecule has 8 nitrogen and oxygen atoms in total. The Hall–Kier alpha value is -4.19. The first-order valence-corrected chi connectivity index (χ1v) is 11.6. The smallest absolute Gasteiger partial charge is 0.331 e. The molecule has 1 heterocycles. The summed E-state index contributed by atoms with van der Waals surface area (Å²) in [5.41, 5.74) is -1.97. The van der Waals surface area contributed by atoms with Crippen LogP contribution in [0.1, 0.15) is 22.9 Å². The van der Waals surface area contributed by atoms with Gasteiger partial charge in [-0.05, 0) is 30.7 Å². The predicted octanol–water partition coefficient (Wildman–Crippen LogP) is 4.34. The standard InChI is InChI=1S/C27H25F3N5O3/c1-16-24(18-10-6-13-23(38-2)25(18)30)26(36)34(15-22(35(31)32)17-8-4-3-5-9-17)27(37)33(16)14-19-20(28)11-7-12-21(19)29/h3-13,22,31H,14-15,32H2,1-2H3/q-1/t22-/m0/s1. The lowest BCUT2D eigenvalue weighted by molar-refractivity contribution is 0.253. The van der Waals surface area contributed by atoms with Crippen LogP contribution in [-0.4, -0.2) is 21.4 Å². The van der Waals surface area contributed by atoms with Crippen LogP contribution in [0.15, 0.2) is 76.3 Å². The first-order chi connectivity index (χ1) is 18.1. The number of hydrazine groups is 1. The number of rotatable bonds is 8. The summed E-state index contributed by atoms with van der Waals surface area (Å²) in [5, 5.41) is 0.605. The molecule has 0 aliphatic heterocycles. The SMILES string of the molecule is COc1cccc(-c2c(C)n(Cc3c(F)cccc3F)c(=O)n(C[C@@H](c3ccccc3)N([NH-])N)c2=O)c1F. The van der Waals surface area contributed by atoms with E-state index in [-0.39, 0.29) is 29.1 Å². The Balaban J connectivity index is 2.01. The number of halogens is 3. The fraction of sp³-hybridized carbons (Fsp3) is 0.185. The molecule has 0 amide bonds. The van der Waals surface area contributed by atoms with Gasteiger partial charge in [0.2, 0.25) is 0 Å². The third-order valence-electron chi connectivity index (χ3n) is 6.39. The summed E-state index contributed by atoms with van der Waals surface area (Å²) in [6.07, 6.45) is 0. The lowest BCUT2D eigenvalue weighted by Gasteiger charge is -2.32. The average molecular weight is 525 g/mol. The molecule has 11 heteroatoms. The molecular weight excluding hydrogens is 499 g/mol. The molecule has 4 rings (SSSR count). The van der Waals surface area contributed by atoms with Crippen molar-refractivity contribution in [3.63, 3.8) is 0 Å². The first kappa shape index (κ1) is 26.9. The zero-order valence-corrected chi connectivity index (χ0v) is 20.6. The van der Waals surface area contributed by atoms with Gasteiger partial charge in [-0.3, -0.25) is 19.8 Å². The highest BCUT2D eigenvalue weighted by molar-refractivity contribution is 5.67. The number of benzene rings is 3. The maximum atomic E-state index is 15.4. The Morgan fingerprint density at radius 1 is 0.947 bits per heavy atom. The van der Waals surface area contributed by atoms with Crippen LogP contribution in [0.5, 0.6) is 5.75 Å². The molecule has 0 saturated heterocycles. The largest absolute Gasteiger partial charge is 0.594 e. The van der Waals surface area contributed by atoms with E-state index in [0.717, 1.165) is 21.3 Å². The zero-order valence-electron chi connectivity index (χ0n) is 20.6. The fourth-order valence-electron chi connectivity index (χ4n) is 4.36. The molecule has 3 N–H and O–H groups in total. The van der Waals surface area contributed by atoms with Crippen molar-refractivity contribution >= 4 is 0 Å². The fourth-order valence-corrected chi connectivity index (χ4v) is 4.36. The van der Waals surface area contributed by atoms with Gasteiger partial charge in [0.05, 0.1) is 25.8 Å². The predicted molar refractivity (Wildman–Crippen MR) is 137 cm³/mol. The molecule has 0 bridgehead atoms. The van der Waals surface area contributed by atoms with Crippen molar-refractivity contribution in [2.24, 2.45) is 5.84 Å². The van der Waals surface area contributed by atoms with Gasteiger partial charge in [0.15, 0.2) is 11.6 Å². The first-order valence-electron chi connectivity index (χ1n) is 11.6. The number of aromatic nitrogens is 2. The van der Waals surface area contributed by atoms with Gasteiger partial charge < -0.3 is 15.7 Å². The Morgan fingerprint density at radius 3 is 2.18 bits per heavy atom. The number of nitrogens with two attached hydrogens (primary N) is 1. The van der Waals surface area contributed by atoms with Crippen molar-refractivity contribution in [3.8, 4) is 16.9 Å². The molecule has 0 fully saturated rings. The average Bonchev–Trinajstić information content (AvgIpc) is 2.89. The molecule has 0 unspecified atom stereocenters. The summed E-state index contributed by atoms with van der Waals surface area (Å²) in [7, 11) is 1.27. The second kappa shape index (κ2) is 11.1. The molecule has 0 aliphatic carbocycles. The quantitative estimate of drug-likeness (QED) is 0.273. The summed E-state index contributed by atoms with van der Waals surface area (Å²) < 4.78 is 51.3. The number of nitrogens with zero attached hydrogens (tertiary/aromatic N) is 3. The van der Waals surface area contributed by atoms with Crippen LogP contribution in [0, 0.1) is 24.4 Å². The number of ether oxygens (including phenoxy) is 1. The van der Waals surface area contributed by atoms with E-state index in [1.807, 2.05) is 0 Å². The third-order valence-corrected chi connectivity index (χ3v) is 6.39. The van der Waals surface area contributed by atoms with Gasteiger partial charge in [-0.25, -0.2) is 18.0 Å². The van der Waals surface area contributed by atoms with E-state index in [1.54, 1.807) is 30.3 Å². The van der Waals surface area contributed by atoms with Crippen LogP contribution < -0.4 is 21.8 Å².